The molecule has 0 aromatic carbocycles. The Balaban J connectivity index is 2.27. The van der Waals surface area contributed by atoms with Gasteiger partial charge in [-0.05, 0) is 58.7 Å². The van der Waals surface area contributed by atoms with Gasteiger partial charge in [0.25, 0.3) is 0 Å². The highest BCUT2D eigenvalue weighted by molar-refractivity contribution is 4.86. The predicted molar refractivity (Wildman–Crippen MR) is 77.9 cm³/mol. The summed E-state index contributed by atoms with van der Waals surface area (Å²) in [7, 11) is 2.25. The van der Waals surface area contributed by atoms with E-state index in [0.29, 0.717) is 0 Å². The van der Waals surface area contributed by atoms with E-state index in [1.54, 1.807) is 0 Å². The van der Waals surface area contributed by atoms with Gasteiger partial charge in [0.2, 0.25) is 0 Å². The molecule has 2 N–H and O–H groups in total. The minimum atomic E-state index is -0.0452. The third kappa shape index (κ3) is 4.52. The van der Waals surface area contributed by atoms with Crippen molar-refractivity contribution in [3.63, 3.8) is 0 Å². The highest BCUT2D eigenvalue weighted by atomic mass is 16.3. The van der Waals surface area contributed by atoms with E-state index in [1.807, 2.05) is 0 Å². The minimum absolute atomic E-state index is 0.0452. The molecule has 0 aliphatic heterocycles. The van der Waals surface area contributed by atoms with Gasteiger partial charge in [0, 0.05) is 11.6 Å². The third-order valence-electron chi connectivity index (χ3n) is 4.59. The number of nitrogens with one attached hydrogen (secondary N) is 1. The summed E-state index contributed by atoms with van der Waals surface area (Å²) >= 11 is 0. The summed E-state index contributed by atoms with van der Waals surface area (Å²) in [5.41, 5.74) is -0.0452. The first-order valence-corrected chi connectivity index (χ1v) is 7.73. The molecule has 0 aromatic rings. The van der Waals surface area contributed by atoms with Gasteiger partial charge in [-0.3, -0.25) is 0 Å². The van der Waals surface area contributed by atoms with Crippen LogP contribution in [0.5, 0.6) is 0 Å². The Labute approximate surface area is 113 Å². The van der Waals surface area contributed by atoms with Gasteiger partial charge in [-0.25, -0.2) is 0 Å². The lowest BCUT2D eigenvalue weighted by molar-refractivity contribution is 0.124. The Hall–Kier alpha value is -0.120. The molecule has 0 spiro atoms. The van der Waals surface area contributed by atoms with E-state index in [4.69, 9.17) is 0 Å². The van der Waals surface area contributed by atoms with Crippen molar-refractivity contribution in [3.8, 4) is 0 Å². The van der Waals surface area contributed by atoms with Gasteiger partial charge in [0.1, 0.15) is 0 Å². The molecule has 1 unspecified atom stereocenters. The van der Waals surface area contributed by atoms with Gasteiger partial charge >= 0.3 is 0 Å². The summed E-state index contributed by atoms with van der Waals surface area (Å²) in [6.45, 7) is 6.79. The van der Waals surface area contributed by atoms with Crippen LogP contribution in [0.3, 0.4) is 0 Å². The molecule has 1 saturated carbocycles. The first kappa shape index (κ1) is 15.9. The fourth-order valence-electron chi connectivity index (χ4n) is 2.70. The first-order chi connectivity index (χ1) is 8.67. The molecule has 1 fully saturated rings. The fourth-order valence-corrected chi connectivity index (χ4v) is 2.70. The number of hydrogen-bond donors (Lipinski definition) is 2. The fraction of sp³-hybridized carbons (Fsp3) is 1.00. The van der Waals surface area contributed by atoms with Crippen molar-refractivity contribution in [2.75, 3.05) is 26.7 Å². The zero-order valence-corrected chi connectivity index (χ0v) is 12.5. The summed E-state index contributed by atoms with van der Waals surface area (Å²) in [5.74, 6) is 0. The van der Waals surface area contributed by atoms with Crippen molar-refractivity contribution in [1.29, 1.82) is 0 Å². The van der Waals surface area contributed by atoms with E-state index in [1.165, 1.54) is 32.2 Å². The van der Waals surface area contributed by atoms with E-state index in [2.05, 4.69) is 31.1 Å². The van der Waals surface area contributed by atoms with Crippen molar-refractivity contribution in [2.45, 2.75) is 70.4 Å². The quantitative estimate of drug-likeness (QED) is 0.630. The van der Waals surface area contributed by atoms with Crippen LogP contribution in [0.25, 0.3) is 0 Å². The van der Waals surface area contributed by atoms with Crippen LogP contribution < -0.4 is 5.32 Å². The highest BCUT2D eigenvalue weighted by Crippen LogP contribution is 2.24. The molecule has 0 saturated heterocycles. The molecule has 0 amide bonds. The zero-order chi connectivity index (χ0) is 13.4. The molecule has 3 heteroatoms. The molecule has 18 heavy (non-hydrogen) atoms. The molecule has 0 bridgehead atoms. The SMILES string of the molecule is CCCNC(CC)(CO)CCCN(C)C1CCC1. The smallest absolute Gasteiger partial charge is 0.0613 e. The predicted octanol–water partition coefficient (Wildman–Crippen LogP) is 2.39. The van der Waals surface area contributed by atoms with Gasteiger partial charge in [-0.1, -0.05) is 20.3 Å². The number of rotatable bonds is 10. The van der Waals surface area contributed by atoms with E-state index in [0.717, 1.165) is 31.8 Å². The molecule has 0 heterocycles. The van der Waals surface area contributed by atoms with Crippen molar-refractivity contribution < 1.29 is 5.11 Å². The minimum Gasteiger partial charge on any atom is -0.394 e. The number of hydrogen-bond acceptors (Lipinski definition) is 3. The third-order valence-corrected chi connectivity index (χ3v) is 4.59. The summed E-state index contributed by atoms with van der Waals surface area (Å²) in [6, 6.07) is 0.832. The second-order valence-corrected chi connectivity index (χ2v) is 5.89. The molecule has 0 aromatic heterocycles. The monoisotopic (exact) mass is 256 g/mol. The van der Waals surface area contributed by atoms with Crippen LogP contribution in [0.4, 0.5) is 0 Å². The Morgan fingerprint density at radius 3 is 2.50 bits per heavy atom. The second-order valence-electron chi connectivity index (χ2n) is 5.89. The van der Waals surface area contributed by atoms with Crippen LogP contribution in [0.2, 0.25) is 0 Å². The van der Waals surface area contributed by atoms with Crippen LogP contribution in [0, 0.1) is 0 Å². The standard InChI is InChI=1S/C15H32N2O/c1-4-11-16-15(5-2,13-18)10-7-12-17(3)14-8-6-9-14/h14,16,18H,4-13H2,1-3H3. The average molecular weight is 256 g/mol. The largest absolute Gasteiger partial charge is 0.394 e. The Bertz CT molecular complexity index is 213. The molecule has 1 rings (SSSR count). The molecule has 3 nitrogen and oxygen atoms in total. The summed E-state index contributed by atoms with van der Waals surface area (Å²) in [6.07, 6.45) is 8.56. The molecule has 1 atom stereocenters. The lowest BCUT2D eigenvalue weighted by Gasteiger charge is -2.36. The first-order valence-electron chi connectivity index (χ1n) is 7.73. The van der Waals surface area contributed by atoms with Crippen molar-refractivity contribution >= 4 is 0 Å². The van der Waals surface area contributed by atoms with Crippen molar-refractivity contribution in [3.05, 3.63) is 0 Å². The van der Waals surface area contributed by atoms with Crippen molar-refractivity contribution in [1.82, 2.24) is 10.2 Å². The molecule has 1 aliphatic rings. The molecular formula is C15H32N2O. The van der Waals surface area contributed by atoms with E-state index in [9.17, 15) is 5.11 Å². The van der Waals surface area contributed by atoms with Crippen LogP contribution in [0.1, 0.15) is 58.8 Å². The van der Waals surface area contributed by atoms with Crippen LogP contribution in [-0.4, -0.2) is 48.3 Å². The average Bonchev–Trinajstić information content (AvgIpc) is 2.32. The molecule has 1 aliphatic carbocycles. The topological polar surface area (TPSA) is 35.5 Å². The zero-order valence-electron chi connectivity index (χ0n) is 12.5. The van der Waals surface area contributed by atoms with Crippen molar-refractivity contribution in [2.24, 2.45) is 0 Å². The number of aliphatic hydroxyl groups excluding tert-OH is 1. The maximum Gasteiger partial charge on any atom is 0.0613 e. The normalized spacial score (nSPS) is 19.8. The van der Waals surface area contributed by atoms with Crippen LogP contribution in [0.15, 0.2) is 0 Å². The summed E-state index contributed by atoms with van der Waals surface area (Å²) < 4.78 is 0. The van der Waals surface area contributed by atoms with E-state index in [-0.39, 0.29) is 12.1 Å². The maximum absolute atomic E-state index is 9.66. The van der Waals surface area contributed by atoms with Gasteiger partial charge in [-0.2, -0.15) is 0 Å². The highest BCUT2D eigenvalue weighted by Gasteiger charge is 2.27. The Morgan fingerprint density at radius 1 is 1.33 bits per heavy atom. The van der Waals surface area contributed by atoms with Crippen LogP contribution >= 0.6 is 0 Å². The lowest BCUT2D eigenvalue weighted by atomic mass is 9.89. The van der Waals surface area contributed by atoms with Crippen LogP contribution in [-0.2, 0) is 0 Å². The Kier molecular flexibility index (Phi) is 7.20. The van der Waals surface area contributed by atoms with Gasteiger partial charge in [-0.15, -0.1) is 0 Å². The molecule has 108 valence electrons. The summed E-state index contributed by atoms with van der Waals surface area (Å²) in [4.78, 5) is 2.50. The van der Waals surface area contributed by atoms with Gasteiger partial charge < -0.3 is 15.3 Å². The van der Waals surface area contributed by atoms with Gasteiger partial charge in [0.05, 0.1) is 6.61 Å². The molecular weight excluding hydrogens is 224 g/mol. The van der Waals surface area contributed by atoms with E-state index < -0.39 is 0 Å². The van der Waals surface area contributed by atoms with Gasteiger partial charge in [0.15, 0.2) is 0 Å². The Morgan fingerprint density at radius 2 is 2.06 bits per heavy atom. The summed E-state index contributed by atoms with van der Waals surface area (Å²) in [5, 5.41) is 13.2. The lowest BCUT2D eigenvalue weighted by Crippen LogP contribution is -2.49. The molecule has 0 radical (unpaired) electrons. The number of aliphatic hydroxyl groups is 1. The van der Waals surface area contributed by atoms with E-state index >= 15 is 0 Å². The second kappa shape index (κ2) is 8.13. The maximum atomic E-state index is 9.66. The number of nitrogens with zero attached hydrogens (tertiary/aromatic N) is 1.